The molecule has 5 nitrogen and oxygen atoms in total. The Kier molecular flexibility index (Phi) is 4.58. The van der Waals surface area contributed by atoms with Gasteiger partial charge >= 0.3 is 0 Å². The van der Waals surface area contributed by atoms with Gasteiger partial charge in [-0.3, -0.25) is 4.79 Å². The zero-order valence-electron chi connectivity index (χ0n) is 14.9. The summed E-state index contributed by atoms with van der Waals surface area (Å²) >= 11 is 0. The van der Waals surface area contributed by atoms with E-state index in [1.807, 2.05) is 84.7 Å². The van der Waals surface area contributed by atoms with Crippen molar-refractivity contribution in [3.05, 3.63) is 95.0 Å². The van der Waals surface area contributed by atoms with Crippen molar-refractivity contribution in [2.45, 2.75) is 6.54 Å². The van der Waals surface area contributed by atoms with Crippen molar-refractivity contribution in [1.82, 2.24) is 9.97 Å². The maximum atomic E-state index is 12.2. The Bertz CT molecular complexity index is 1110. The van der Waals surface area contributed by atoms with Crippen LogP contribution in [0.3, 0.4) is 0 Å². The summed E-state index contributed by atoms with van der Waals surface area (Å²) in [6, 6.07) is 24.8. The van der Waals surface area contributed by atoms with Crippen molar-refractivity contribution in [3.8, 4) is 11.5 Å². The summed E-state index contributed by atoms with van der Waals surface area (Å²) in [5.41, 5.74) is 1.60. The van der Waals surface area contributed by atoms with Crippen molar-refractivity contribution in [2.75, 3.05) is 11.9 Å². The van der Waals surface area contributed by atoms with Crippen molar-refractivity contribution < 1.29 is 4.74 Å². The molecule has 0 fully saturated rings. The monoisotopic (exact) mass is 357 g/mol. The minimum Gasteiger partial charge on any atom is -0.457 e. The highest BCUT2D eigenvalue weighted by atomic mass is 16.5. The molecule has 0 aliphatic carbocycles. The summed E-state index contributed by atoms with van der Waals surface area (Å²) in [5, 5.41) is 0.603. The van der Waals surface area contributed by atoms with E-state index in [1.54, 1.807) is 6.07 Å². The fourth-order valence-electron chi connectivity index (χ4n) is 2.92. The number of aromatic nitrogens is 2. The molecule has 5 heteroatoms. The van der Waals surface area contributed by atoms with Gasteiger partial charge in [0.2, 0.25) is 0 Å². The Hall–Kier alpha value is -3.60. The summed E-state index contributed by atoms with van der Waals surface area (Å²) in [5.74, 6) is 2.21. The molecule has 0 saturated heterocycles. The number of fused-ring (bicyclic) bond motifs is 1. The summed E-state index contributed by atoms with van der Waals surface area (Å²) < 4.78 is 5.82. The Labute approximate surface area is 156 Å². The molecule has 0 aliphatic heterocycles. The Morgan fingerprint density at radius 2 is 1.56 bits per heavy atom. The number of nitrogens with one attached hydrogen (secondary N) is 1. The zero-order chi connectivity index (χ0) is 18.6. The SMILES string of the molecule is CN(Cc1nc2ccccc2c(=O)[nH]1)c1ccc(Oc2ccccc2)cc1. The molecule has 4 aromatic rings. The minimum atomic E-state index is -0.115. The van der Waals surface area contributed by atoms with Crippen molar-refractivity contribution in [1.29, 1.82) is 0 Å². The van der Waals surface area contributed by atoms with Gasteiger partial charge in [-0.05, 0) is 48.5 Å². The lowest BCUT2D eigenvalue weighted by Crippen LogP contribution is -2.21. The third-order valence-corrected chi connectivity index (χ3v) is 4.31. The molecular formula is C22H19N3O2. The molecule has 134 valence electrons. The molecule has 0 bridgehead atoms. The molecule has 0 amide bonds. The Morgan fingerprint density at radius 1 is 0.889 bits per heavy atom. The number of hydrogen-bond donors (Lipinski definition) is 1. The van der Waals surface area contributed by atoms with Crippen LogP contribution in [0.2, 0.25) is 0 Å². The van der Waals surface area contributed by atoms with Gasteiger partial charge in [-0.2, -0.15) is 0 Å². The van der Waals surface area contributed by atoms with Gasteiger partial charge in [-0.1, -0.05) is 30.3 Å². The molecule has 0 radical (unpaired) electrons. The molecule has 0 spiro atoms. The number of benzene rings is 3. The second-order valence-electron chi connectivity index (χ2n) is 6.29. The molecule has 1 heterocycles. The van der Waals surface area contributed by atoms with Crippen LogP contribution < -0.4 is 15.2 Å². The lowest BCUT2D eigenvalue weighted by molar-refractivity contribution is 0.482. The molecule has 0 aliphatic rings. The molecule has 0 unspecified atom stereocenters. The predicted molar refractivity (Wildman–Crippen MR) is 107 cm³/mol. The summed E-state index contributed by atoms with van der Waals surface area (Å²) in [6.07, 6.45) is 0. The number of aromatic amines is 1. The van der Waals surface area contributed by atoms with Gasteiger partial charge in [0, 0.05) is 12.7 Å². The highest BCUT2D eigenvalue weighted by Crippen LogP contribution is 2.24. The van der Waals surface area contributed by atoms with E-state index in [0.29, 0.717) is 23.3 Å². The molecule has 4 rings (SSSR count). The predicted octanol–water partition coefficient (Wildman–Crippen LogP) is 4.35. The van der Waals surface area contributed by atoms with E-state index < -0.39 is 0 Å². The third kappa shape index (κ3) is 3.82. The van der Waals surface area contributed by atoms with E-state index in [-0.39, 0.29) is 5.56 Å². The number of para-hydroxylation sites is 2. The highest BCUT2D eigenvalue weighted by molar-refractivity contribution is 5.77. The Morgan fingerprint density at radius 3 is 2.33 bits per heavy atom. The Balaban J connectivity index is 1.50. The number of ether oxygens (including phenoxy) is 1. The second-order valence-corrected chi connectivity index (χ2v) is 6.29. The molecule has 0 atom stereocenters. The smallest absolute Gasteiger partial charge is 0.258 e. The third-order valence-electron chi connectivity index (χ3n) is 4.31. The molecular weight excluding hydrogens is 338 g/mol. The first-order valence-electron chi connectivity index (χ1n) is 8.71. The van der Waals surface area contributed by atoms with Gasteiger partial charge in [0.1, 0.15) is 17.3 Å². The first kappa shape index (κ1) is 16.8. The minimum absolute atomic E-state index is 0.115. The van der Waals surface area contributed by atoms with Crippen LogP contribution in [0.4, 0.5) is 5.69 Å². The van der Waals surface area contributed by atoms with Crippen LogP contribution in [0.5, 0.6) is 11.5 Å². The average molecular weight is 357 g/mol. The molecule has 0 saturated carbocycles. The number of H-pyrrole nitrogens is 1. The van der Waals surface area contributed by atoms with Crippen LogP contribution in [-0.2, 0) is 6.54 Å². The van der Waals surface area contributed by atoms with Crippen LogP contribution in [-0.4, -0.2) is 17.0 Å². The quantitative estimate of drug-likeness (QED) is 0.577. The lowest BCUT2D eigenvalue weighted by Gasteiger charge is -2.19. The van der Waals surface area contributed by atoms with E-state index in [4.69, 9.17) is 4.74 Å². The average Bonchev–Trinajstić information content (AvgIpc) is 2.69. The van der Waals surface area contributed by atoms with Crippen molar-refractivity contribution >= 4 is 16.6 Å². The van der Waals surface area contributed by atoms with E-state index >= 15 is 0 Å². The van der Waals surface area contributed by atoms with Crippen LogP contribution in [0.1, 0.15) is 5.82 Å². The number of rotatable bonds is 5. The molecule has 1 N–H and O–H groups in total. The lowest BCUT2D eigenvalue weighted by atomic mass is 10.2. The second kappa shape index (κ2) is 7.33. The fourth-order valence-corrected chi connectivity index (χ4v) is 2.92. The fraction of sp³-hybridized carbons (Fsp3) is 0.0909. The van der Waals surface area contributed by atoms with E-state index in [1.165, 1.54) is 0 Å². The van der Waals surface area contributed by atoms with Crippen molar-refractivity contribution in [3.63, 3.8) is 0 Å². The van der Waals surface area contributed by atoms with Gasteiger partial charge in [-0.25, -0.2) is 4.98 Å². The first-order valence-corrected chi connectivity index (χ1v) is 8.71. The van der Waals surface area contributed by atoms with Crippen LogP contribution in [0.15, 0.2) is 83.7 Å². The molecule has 27 heavy (non-hydrogen) atoms. The maximum absolute atomic E-state index is 12.2. The first-order chi connectivity index (χ1) is 13.2. The number of hydrogen-bond acceptors (Lipinski definition) is 4. The highest BCUT2D eigenvalue weighted by Gasteiger charge is 2.07. The maximum Gasteiger partial charge on any atom is 0.258 e. The summed E-state index contributed by atoms with van der Waals surface area (Å²) in [4.78, 5) is 21.6. The normalized spacial score (nSPS) is 10.7. The van der Waals surface area contributed by atoms with E-state index in [2.05, 4.69) is 9.97 Å². The molecule has 1 aromatic heterocycles. The largest absolute Gasteiger partial charge is 0.457 e. The van der Waals surface area contributed by atoms with Gasteiger partial charge in [-0.15, -0.1) is 0 Å². The van der Waals surface area contributed by atoms with Crippen LogP contribution in [0.25, 0.3) is 10.9 Å². The zero-order valence-corrected chi connectivity index (χ0v) is 14.9. The standard InChI is InChI=1S/C22H19N3O2/c1-25(15-21-23-20-10-6-5-9-19(20)22(26)24-21)16-11-13-18(14-12-16)27-17-7-3-2-4-8-17/h2-14H,15H2,1H3,(H,23,24,26). The van der Waals surface area contributed by atoms with Gasteiger partial charge in [0.25, 0.3) is 5.56 Å². The number of nitrogens with zero attached hydrogens (tertiary/aromatic N) is 2. The molecule has 3 aromatic carbocycles. The van der Waals surface area contributed by atoms with Gasteiger partial charge < -0.3 is 14.6 Å². The van der Waals surface area contributed by atoms with E-state index in [0.717, 1.165) is 17.2 Å². The summed E-state index contributed by atoms with van der Waals surface area (Å²) in [6.45, 7) is 0.499. The van der Waals surface area contributed by atoms with Gasteiger partial charge in [0.15, 0.2) is 0 Å². The van der Waals surface area contributed by atoms with Crippen molar-refractivity contribution in [2.24, 2.45) is 0 Å². The van der Waals surface area contributed by atoms with Gasteiger partial charge in [0.05, 0.1) is 17.4 Å². The topological polar surface area (TPSA) is 58.2 Å². The van der Waals surface area contributed by atoms with E-state index in [9.17, 15) is 4.79 Å². The number of anilines is 1. The summed E-state index contributed by atoms with van der Waals surface area (Å²) in [7, 11) is 1.96. The van der Waals surface area contributed by atoms with Crippen LogP contribution >= 0.6 is 0 Å². The van der Waals surface area contributed by atoms with Crippen LogP contribution in [0, 0.1) is 0 Å².